The van der Waals surface area contributed by atoms with Gasteiger partial charge in [0.25, 0.3) is 0 Å². The molecule has 0 amide bonds. The fourth-order valence-corrected chi connectivity index (χ4v) is 5.24. The van der Waals surface area contributed by atoms with Crippen LogP contribution in [0.1, 0.15) is 68.2 Å². The molecule has 0 fully saturated rings. The van der Waals surface area contributed by atoms with Gasteiger partial charge in [0.1, 0.15) is 4.88 Å². The monoisotopic (exact) mass is 403 g/mol. The smallest absolute Gasteiger partial charge is 0.348 e. The van der Waals surface area contributed by atoms with E-state index in [0.717, 1.165) is 30.7 Å². The molecule has 2 aromatic rings. The van der Waals surface area contributed by atoms with Crippen molar-refractivity contribution in [2.24, 2.45) is 5.92 Å². The molecule has 6 heteroatoms. The number of ketones is 1. The highest BCUT2D eigenvalue weighted by Crippen LogP contribution is 2.32. The molecule has 0 N–H and O–H groups in total. The van der Waals surface area contributed by atoms with Crippen LogP contribution in [0.4, 0.5) is 0 Å². The highest BCUT2D eigenvalue weighted by atomic mass is 32.1. The Kier molecular flexibility index (Phi) is 6.40. The van der Waals surface area contributed by atoms with Gasteiger partial charge in [0.2, 0.25) is 5.78 Å². The number of nitrogens with zero attached hydrogens (tertiary/aromatic N) is 1. The fourth-order valence-electron chi connectivity index (χ4n) is 4.14. The summed E-state index contributed by atoms with van der Waals surface area (Å²) in [5.41, 5.74) is 3.74. The molecule has 0 aromatic carbocycles. The van der Waals surface area contributed by atoms with Crippen molar-refractivity contribution in [1.29, 1.82) is 0 Å². The molecule has 2 heterocycles. The molecule has 1 aliphatic carbocycles. The van der Waals surface area contributed by atoms with E-state index < -0.39 is 5.97 Å². The van der Waals surface area contributed by atoms with E-state index in [1.54, 1.807) is 7.11 Å². The second kappa shape index (κ2) is 8.62. The summed E-state index contributed by atoms with van der Waals surface area (Å²) in [4.78, 5) is 27.0. The summed E-state index contributed by atoms with van der Waals surface area (Å²) in [6.07, 6.45) is 3.21. The number of hydrogen-bond donors (Lipinski definition) is 0. The molecule has 5 nitrogen and oxygen atoms in total. The Hall–Kier alpha value is -1.92. The zero-order valence-electron chi connectivity index (χ0n) is 17.3. The minimum absolute atomic E-state index is 0.133. The van der Waals surface area contributed by atoms with Gasteiger partial charge in [-0.25, -0.2) is 4.79 Å². The van der Waals surface area contributed by atoms with Crippen LogP contribution >= 0.6 is 11.3 Å². The number of thiophene rings is 1. The Morgan fingerprint density at radius 3 is 2.79 bits per heavy atom. The number of fused-ring (bicyclic) bond motifs is 1. The normalized spacial score (nSPS) is 17.2. The lowest BCUT2D eigenvalue weighted by Gasteiger charge is -2.17. The van der Waals surface area contributed by atoms with E-state index in [1.807, 2.05) is 26.0 Å². The first-order chi connectivity index (χ1) is 13.3. The molecular formula is C22H29NO4S. The number of methoxy groups -OCH3 is 1. The molecule has 2 atom stereocenters. The average Bonchev–Trinajstić information content (AvgIpc) is 3.19. The van der Waals surface area contributed by atoms with Crippen LogP contribution in [0.3, 0.4) is 0 Å². The maximum atomic E-state index is 12.7. The van der Waals surface area contributed by atoms with E-state index in [-0.39, 0.29) is 18.4 Å². The SMILES string of the molecule is COC[C@@H](C)n1c(C)cc(C(=O)COC(=O)c2cc3c(s2)CC[C@H](C)C3)c1C. The summed E-state index contributed by atoms with van der Waals surface area (Å²) in [5, 5.41) is 0. The number of hydrogen-bond acceptors (Lipinski definition) is 5. The Balaban J connectivity index is 1.66. The summed E-state index contributed by atoms with van der Waals surface area (Å²) in [7, 11) is 1.67. The van der Waals surface area contributed by atoms with Crippen LogP contribution in [0.25, 0.3) is 0 Å². The lowest BCUT2D eigenvalue weighted by Crippen LogP contribution is -2.16. The van der Waals surface area contributed by atoms with Gasteiger partial charge in [0.05, 0.1) is 12.6 Å². The minimum atomic E-state index is -0.401. The Bertz CT molecular complexity index is 879. The van der Waals surface area contributed by atoms with E-state index in [4.69, 9.17) is 9.47 Å². The number of ether oxygens (including phenoxy) is 2. The highest BCUT2D eigenvalue weighted by Gasteiger charge is 2.23. The van der Waals surface area contributed by atoms with Gasteiger partial charge in [-0.2, -0.15) is 0 Å². The lowest BCUT2D eigenvalue weighted by molar-refractivity contribution is 0.0479. The molecule has 0 spiro atoms. The van der Waals surface area contributed by atoms with Crippen LogP contribution in [0.2, 0.25) is 0 Å². The van der Waals surface area contributed by atoms with Crippen molar-refractivity contribution in [3.8, 4) is 0 Å². The predicted molar refractivity (Wildman–Crippen MR) is 111 cm³/mol. The van der Waals surface area contributed by atoms with Gasteiger partial charge in [-0.1, -0.05) is 6.92 Å². The van der Waals surface area contributed by atoms with Crippen molar-refractivity contribution in [1.82, 2.24) is 4.57 Å². The summed E-state index contributed by atoms with van der Waals surface area (Å²) < 4.78 is 12.7. The third kappa shape index (κ3) is 4.23. The zero-order valence-corrected chi connectivity index (χ0v) is 18.1. The highest BCUT2D eigenvalue weighted by molar-refractivity contribution is 7.14. The van der Waals surface area contributed by atoms with Gasteiger partial charge in [0.15, 0.2) is 6.61 Å². The first-order valence-corrected chi connectivity index (χ1v) is 10.6. The van der Waals surface area contributed by atoms with E-state index in [1.165, 1.54) is 21.8 Å². The van der Waals surface area contributed by atoms with Gasteiger partial charge in [0, 0.05) is 28.9 Å². The van der Waals surface area contributed by atoms with Crippen molar-refractivity contribution in [2.75, 3.05) is 20.3 Å². The minimum Gasteiger partial charge on any atom is -0.453 e. The maximum absolute atomic E-state index is 12.7. The quantitative estimate of drug-likeness (QED) is 0.503. The summed E-state index contributed by atoms with van der Waals surface area (Å²) in [6.45, 7) is 8.52. The van der Waals surface area contributed by atoms with Gasteiger partial charge in [-0.3, -0.25) is 4.79 Å². The Morgan fingerprint density at radius 2 is 2.07 bits per heavy atom. The molecule has 1 aliphatic rings. The number of carbonyl (C=O) groups excluding carboxylic acids is 2. The average molecular weight is 404 g/mol. The summed E-state index contributed by atoms with van der Waals surface area (Å²) in [5.74, 6) is 0.0810. The molecule has 28 heavy (non-hydrogen) atoms. The maximum Gasteiger partial charge on any atom is 0.348 e. The summed E-state index contributed by atoms with van der Waals surface area (Å²) >= 11 is 1.51. The first-order valence-electron chi connectivity index (χ1n) is 9.81. The largest absolute Gasteiger partial charge is 0.453 e. The van der Waals surface area contributed by atoms with Crippen molar-refractivity contribution in [3.05, 3.63) is 44.4 Å². The van der Waals surface area contributed by atoms with Crippen LogP contribution in [-0.2, 0) is 22.3 Å². The molecular weight excluding hydrogens is 374 g/mol. The molecule has 0 saturated carbocycles. The zero-order chi connectivity index (χ0) is 20.4. The predicted octanol–water partition coefficient (Wildman–Crippen LogP) is 4.54. The first kappa shape index (κ1) is 20.8. The Labute approximate surface area is 170 Å². The molecule has 0 aliphatic heterocycles. The molecule has 3 rings (SSSR count). The van der Waals surface area contributed by atoms with Crippen LogP contribution in [0.15, 0.2) is 12.1 Å². The van der Waals surface area contributed by atoms with E-state index in [0.29, 0.717) is 23.0 Å². The van der Waals surface area contributed by atoms with Crippen LogP contribution in [0.5, 0.6) is 0 Å². The van der Waals surface area contributed by atoms with Crippen LogP contribution in [-0.4, -0.2) is 36.6 Å². The molecule has 0 bridgehead atoms. The second-order valence-corrected chi connectivity index (χ2v) is 9.00. The number of esters is 1. The number of Topliss-reactive ketones (excluding diaryl/α,β-unsaturated/α-hetero) is 1. The summed E-state index contributed by atoms with van der Waals surface area (Å²) in [6, 6.07) is 3.94. The van der Waals surface area contributed by atoms with Crippen molar-refractivity contribution in [2.45, 2.75) is 53.0 Å². The van der Waals surface area contributed by atoms with Gasteiger partial charge in [-0.05, 0) is 63.6 Å². The number of aromatic nitrogens is 1. The van der Waals surface area contributed by atoms with E-state index >= 15 is 0 Å². The Morgan fingerprint density at radius 1 is 1.32 bits per heavy atom. The third-order valence-electron chi connectivity index (χ3n) is 5.50. The van der Waals surface area contributed by atoms with Crippen LogP contribution < -0.4 is 0 Å². The fraction of sp³-hybridized carbons (Fsp3) is 0.545. The van der Waals surface area contributed by atoms with E-state index in [9.17, 15) is 9.59 Å². The van der Waals surface area contributed by atoms with Gasteiger partial charge >= 0.3 is 5.97 Å². The van der Waals surface area contributed by atoms with Gasteiger partial charge < -0.3 is 14.0 Å². The molecule has 0 radical (unpaired) electrons. The molecule has 2 aromatic heterocycles. The third-order valence-corrected chi connectivity index (χ3v) is 6.72. The molecule has 152 valence electrons. The number of aryl methyl sites for hydroxylation is 2. The van der Waals surface area contributed by atoms with Crippen molar-refractivity contribution in [3.63, 3.8) is 0 Å². The lowest BCUT2D eigenvalue weighted by atomic mass is 9.90. The number of carbonyl (C=O) groups is 2. The molecule has 0 saturated heterocycles. The van der Waals surface area contributed by atoms with Crippen molar-refractivity contribution < 1.29 is 19.1 Å². The van der Waals surface area contributed by atoms with Crippen LogP contribution in [0, 0.1) is 19.8 Å². The van der Waals surface area contributed by atoms with E-state index in [2.05, 4.69) is 18.4 Å². The van der Waals surface area contributed by atoms with Gasteiger partial charge in [-0.15, -0.1) is 11.3 Å². The second-order valence-electron chi connectivity index (χ2n) is 7.87. The number of rotatable bonds is 7. The standard InChI is InChI=1S/C22H29NO4S/c1-13-6-7-20-17(8-13)10-21(28-20)22(25)27-12-19(24)18-9-14(2)23(16(18)4)15(3)11-26-5/h9-10,13,15H,6-8,11-12H2,1-5H3/t13-,15+/m0/s1. The van der Waals surface area contributed by atoms with Crippen molar-refractivity contribution >= 4 is 23.1 Å². The topological polar surface area (TPSA) is 57.5 Å². The molecule has 0 unspecified atom stereocenters.